The number of halogens is 1. The minimum absolute atomic E-state index is 0.259. The second kappa shape index (κ2) is 5.49. The van der Waals surface area contributed by atoms with Crippen LogP contribution in [0.3, 0.4) is 0 Å². The summed E-state index contributed by atoms with van der Waals surface area (Å²) in [7, 11) is 0. The molecular weight excluding hydrogens is 399 g/mol. The predicted octanol–water partition coefficient (Wildman–Crippen LogP) is 5.58. The second-order valence-corrected chi connectivity index (χ2v) is 6.86. The summed E-state index contributed by atoms with van der Waals surface area (Å²) in [5.41, 5.74) is 1.02. The molecule has 23 heavy (non-hydrogen) atoms. The van der Waals surface area contributed by atoms with Crippen molar-refractivity contribution in [1.29, 1.82) is 0 Å². The van der Waals surface area contributed by atoms with E-state index in [-0.39, 0.29) is 12.6 Å². The van der Waals surface area contributed by atoms with Gasteiger partial charge in [-0.05, 0) is 60.5 Å². The van der Waals surface area contributed by atoms with Gasteiger partial charge in [-0.1, -0.05) is 61.2 Å². The normalized spacial score (nSPS) is 11.3. The van der Waals surface area contributed by atoms with Gasteiger partial charge in [0.25, 0.3) is 0 Å². The van der Waals surface area contributed by atoms with Crippen molar-refractivity contribution in [3.63, 3.8) is 0 Å². The van der Waals surface area contributed by atoms with Crippen LogP contribution >= 0.6 is 22.6 Å². The van der Waals surface area contributed by atoms with Crippen molar-refractivity contribution < 1.29 is 9.53 Å². The van der Waals surface area contributed by atoms with Crippen molar-refractivity contribution in [3.8, 4) is 0 Å². The molecule has 0 aliphatic carbocycles. The molecule has 0 fully saturated rings. The smallest absolute Gasteiger partial charge is 0.344 e. The highest BCUT2D eigenvalue weighted by atomic mass is 127. The van der Waals surface area contributed by atoms with Crippen LogP contribution in [0, 0.1) is 0 Å². The lowest BCUT2D eigenvalue weighted by Gasteiger charge is -2.14. The quantitative estimate of drug-likeness (QED) is 0.190. The third kappa shape index (κ3) is 2.36. The van der Waals surface area contributed by atoms with Crippen molar-refractivity contribution in [2.45, 2.75) is 6.61 Å². The summed E-state index contributed by atoms with van der Waals surface area (Å²) in [5.74, 6) is -0.365. The Morgan fingerprint density at radius 3 is 2.22 bits per heavy atom. The highest BCUT2D eigenvalue weighted by Gasteiger charge is 2.12. The van der Waals surface area contributed by atoms with Gasteiger partial charge in [-0.25, -0.2) is 4.79 Å². The van der Waals surface area contributed by atoms with Crippen LogP contribution in [0.1, 0.15) is 5.56 Å². The fraction of sp³-hybridized carbons (Fsp3) is 0.0500. The van der Waals surface area contributed by atoms with E-state index in [9.17, 15) is 4.79 Å². The number of benzene rings is 4. The largest absolute Gasteiger partial charge is 0.457 e. The molecule has 4 aromatic rings. The zero-order valence-electron chi connectivity index (χ0n) is 12.3. The second-order valence-electron chi connectivity index (χ2n) is 5.56. The van der Waals surface area contributed by atoms with Crippen molar-refractivity contribution in [2.24, 2.45) is 0 Å². The maximum atomic E-state index is 11.7. The van der Waals surface area contributed by atoms with Crippen LogP contribution < -0.4 is 0 Å². The molecule has 0 aromatic heterocycles. The lowest BCUT2D eigenvalue weighted by molar-refractivity contribution is -0.139. The van der Waals surface area contributed by atoms with Gasteiger partial charge in [0.05, 0.1) is 3.58 Å². The molecule has 0 heterocycles. The molecule has 0 aliphatic rings. The molecule has 2 nitrogen and oxygen atoms in total. The van der Waals surface area contributed by atoms with Crippen LogP contribution in [0.4, 0.5) is 0 Å². The molecule has 0 saturated heterocycles. The predicted molar refractivity (Wildman–Crippen MR) is 103 cm³/mol. The number of hydrogen-bond donors (Lipinski definition) is 0. The maximum Gasteiger partial charge on any atom is 0.344 e. The molecule has 0 radical (unpaired) electrons. The first kappa shape index (κ1) is 14.5. The van der Waals surface area contributed by atoms with Crippen LogP contribution in [-0.2, 0) is 16.1 Å². The number of carbonyl (C=O) groups is 1. The third-order valence-electron chi connectivity index (χ3n) is 4.20. The summed E-state index contributed by atoms with van der Waals surface area (Å²) in [4.78, 5) is 11.7. The zero-order chi connectivity index (χ0) is 16.0. The van der Waals surface area contributed by atoms with E-state index in [1.807, 2.05) is 28.7 Å². The van der Waals surface area contributed by atoms with Crippen LogP contribution in [-0.4, -0.2) is 5.97 Å². The Labute approximate surface area is 147 Å². The monoisotopic (exact) mass is 412 g/mol. The number of carbonyl (C=O) groups excluding carboxylic acids is 1. The molecule has 0 aliphatic heterocycles. The first-order valence-electron chi connectivity index (χ1n) is 7.32. The standard InChI is InChI=1S/C20H13IO2/c1-12(21)20(22)23-11-16-8-7-15-6-5-13-3-2-4-14-9-10-17(16)19(15)18(13)14/h2-10H,1,11H2. The Balaban J connectivity index is 1.93. The van der Waals surface area contributed by atoms with E-state index in [1.54, 1.807) is 0 Å². The first-order valence-corrected chi connectivity index (χ1v) is 8.40. The summed E-state index contributed by atoms with van der Waals surface area (Å²) < 4.78 is 5.72. The number of hydrogen-bond acceptors (Lipinski definition) is 2. The van der Waals surface area contributed by atoms with E-state index >= 15 is 0 Å². The fourth-order valence-corrected chi connectivity index (χ4v) is 3.30. The minimum Gasteiger partial charge on any atom is -0.457 e. The molecule has 0 N–H and O–H groups in total. The molecule has 0 atom stereocenters. The van der Waals surface area contributed by atoms with E-state index in [0.717, 1.165) is 10.9 Å². The summed E-state index contributed by atoms with van der Waals surface area (Å²) in [6.07, 6.45) is 0. The van der Waals surface area contributed by atoms with Crippen molar-refractivity contribution in [1.82, 2.24) is 0 Å². The number of rotatable bonds is 3. The third-order valence-corrected chi connectivity index (χ3v) is 4.64. The fourth-order valence-electron chi connectivity index (χ4n) is 3.14. The van der Waals surface area contributed by atoms with Crippen molar-refractivity contribution in [3.05, 3.63) is 70.3 Å². The number of esters is 1. The lowest BCUT2D eigenvalue weighted by atomic mass is 9.92. The summed E-state index contributed by atoms with van der Waals surface area (Å²) in [6.45, 7) is 3.87. The van der Waals surface area contributed by atoms with Gasteiger partial charge in [0.2, 0.25) is 0 Å². The Bertz CT molecular complexity index is 1050. The van der Waals surface area contributed by atoms with Gasteiger partial charge < -0.3 is 4.74 Å². The molecule has 3 heteroatoms. The van der Waals surface area contributed by atoms with E-state index in [2.05, 4.69) is 55.1 Å². The van der Waals surface area contributed by atoms with E-state index in [4.69, 9.17) is 4.74 Å². The van der Waals surface area contributed by atoms with Crippen LogP contribution in [0.2, 0.25) is 0 Å². The molecule has 112 valence electrons. The van der Waals surface area contributed by atoms with Crippen LogP contribution in [0.25, 0.3) is 32.3 Å². The molecule has 4 rings (SSSR count). The molecule has 0 saturated carbocycles. The van der Waals surface area contributed by atoms with E-state index in [0.29, 0.717) is 3.58 Å². The van der Waals surface area contributed by atoms with E-state index in [1.165, 1.54) is 26.9 Å². The minimum atomic E-state index is -0.365. The first-order chi connectivity index (χ1) is 11.1. The molecule has 0 unspecified atom stereocenters. The van der Waals surface area contributed by atoms with Gasteiger partial charge in [0.1, 0.15) is 6.61 Å². The van der Waals surface area contributed by atoms with Crippen LogP contribution in [0.15, 0.2) is 64.8 Å². The Morgan fingerprint density at radius 1 is 0.913 bits per heavy atom. The van der Waals surface area contributed by atoms with E-state index < -0.39 is 0 Å². The molecule has 4 aromatic carbocycles. The molecular formula is C20H13IO2. The zero-order valence-corrected chi connectivity index (χ0v) is 14.5. The SMILES string of the molecule is C=C(I)C(=O)OCc1ccc2ccc3cccc4ccc1c2c34. The summed E-state index contributed by atoms with van der Waals surface area (Å²) in [5, 5.41) is 7.32. The average Bonchev–Trinajstić information content (AvgIpc) is 2.58. The highest BCUT2D eigenvalue weighted by Crippen LogP contribution is 2.36. The molecule has 0 bridgehead atoms. The Kier molecular flexibility index (Phi) is 3.45. The Morgan fingerprint density at radius 2 is 1.52 bits per heavy atom. The summed E-state index contributed by atoms with van der Waals surface area (Å²) in [6, 6.07) is 19.0. The number of ether oxygens (including phenoxy) is 1. The van der Waals surface area contributed by atoms with Crippen LogP contribution in [0.5, 0.6) is 0 Å². The maximum absolute atomic E-state index is 11.7. The topological polar surface area (TPSA) is 26.3 Å². The molecule has 0 spiro atoms. The van der Waals surface area contributed by atoms with Gasteiger partial charge in [0, 0.05) is 0 Å². The Hall–Kier alpha value is -2.14. The van der Waals surface area contributed by atoms with Gasteiger partial charge in [-0.3, -0.25) is 0 Å². The molecule has 0 amide bonds. The van der Waals surface area contributed by atoms with Gasteiger partial charge in [0.15, 0.2) is 0 Å². The van der Waals surface area contributed by atoms with Gasteiger partial charge >= 0.3 is 5.97 Å². The lowest BCUT2D eigenvalue weighted by Crippen LogP contribution is -2.03. The van der Waals surface area contributed by atoms with Gasteiger partial charge in [-0.15, -0.1) is 0 Å². The van der Waals surface area contributed by atoms with Gasteiger partial charge in [-0.2, -0.15) is 0 Å². The average molecular weight is 412 g/mol. The van der Waals surface area contributed by atoms with Crippen molar-refractivity contribution in [2.75, 3.05) is 0 Å². The summed E-state index contributed by atoms with van der Waals surface area (Å²) >= 11 is 1.88. The highest BCUT2D eigenvalue weighted by molar-refractivity contribution is 14.1. The van der Waals surface area contributed by atoms with Crippen molar-refractivity contribution >= 4 is 60.9 Å².